The first-order valence-corrected chi connectivity index (χ1v) is 8.69. The van der Waals surface area contributed by atoms with Crippen LogP contribution in [0.2, 0.25) is 5.02 Å². The lowest BCUT2D eigenvalue weighted by Crippen LogP contribution is -2.35. The summed E-state index contributed by atoms with van der Waals surface area (Å²) in [5.41, 5.74) is 1.47. The Morgan fingerprint density at radius 1 is 1.26 bits per heavy atom. The van der Waals surface area contributed by atoms with Gasteiger partial charge >= 0.3 is 12.6 Å². The Balaban J connectivity index is 1.80. The van der Waals surface area contributed by atoms with Crippen LogP contribution in [0.3, 0.4) is 0 Å². The maximum atomic E-state index is 12.7. The molecule has 0 aromatic carbocycles. The van der Waals surface area contributed by atoms with Crippen molar-refractivity contribution in [3.63, 3.8) is 0 Å². The van der Waals surface area contributed by atoms with Crippen LogP contribution in [0.1, 0.15) is 33.0 Å². The molecule has 0 saturated carbocycles. The minimum atomic E-state index is -2.72. The number of rotatable bonds is 3. The highest BCUT2D eigenvalue weighted by Gasteiger charge is 2.26. The number of hydrogen-bond donors (Lipinski definition) is 0. The zero-order valence-electron chi connectivity index (χ0n) is 15.1. The number of carbonyl (C=O) groups excluding carboxylic acids is 1. The van der Waals surface area contributed by atoms with Gasteiger partial charge in [0.05, 0.1) is 17.9 Å². The van der Waals surface area contributed by atoms with Crippen molar-refractivity contribution in [1.82, 2.24) is 19.7 Å². The molecule has 0 aliphatic carbocycles. The number of aromatic nitrogens is 3. The standard InChI is InChI=1S/C18H19ClF2N4O2/c1-18(2,3)27-17(26)24-6-4-11(10-24)14-8-12(19)9-15(22-14)13-5-7-25(23-13)16(20)21/h4-5,7-9,16H,6,10H2,1-3H3. The minimum absolute atomic E-state index is 0.293. The van der Waals surface area contributed by atoms with Crippen molar-refractivity contribution >= 4 is 23.3 Å². The smallest absolute Gasteiger partial charge is 0.410 e. The molecule has 0 fully saturated rings. The number of carbonyl (C=O) groups is 1. The van der Waals surface area contributed by atoms with Gasteiger partial charge in [0.25, 0.3) is 0 Å². The Morgan fingerprint density at radius 3 is 2.59 bits per heavy atom. The first kappa shape index (κ1) is 19.3. The molecule has 1 aliphatic rings. The topological polar surface area (TPSA) is 60.2 Å². The van der Waals surface area contributed by atoms with Gasteiger partial charge in [-0.15, -0.1) is 0 Å². The molecule has 0 saturated heterocycles. The predicted molar refractivity (Wildman–Crippen MR) is 97.5 cm³/mol. The number of halogens is 3. The first-order chi connectivity index (χ1) is 12.6. The van der Waals surface area contributed by atoms with Crippen LogP contribution in [0.4, 0.5) is 13.6 Å². The molecule has 1 aliphatic heterocycles. The molecule has 0 unspecified atom stereocenters. The van der Waals surface area contributed by atoms with Crippen LogP contribution in [0, 0.1) is 0 Å². The van der Waals surface area contributed by atoms with Crippen molar-refractivity contribution in [3.8, 4) is 11.4 Å². The number of alkyl halides is 2. The van der Waals surface area contributed by atoms with Crippen LogP contribution >= 0.6 is 11.6 Å². The van der Waals surface area contributed by atoms with Crippen molar-refractivity contribution in [2.24, 2.45) is 0 Å². The van der Waals surface area contributed by atoms with Crippen LogP contribution in [0.5, 0.6) is 0 Å². The summed E-state index contributed by atoms with van der Waals surface area (Å²) in [6, 6.07) is 4.68. The molecule has 0 bridgehead atoms. The van der Waals surface area contributed by atoms with Crippen LogP contribution in [0.15, 0.2) is 30.5 Å². The van der Waals surface area contributed by atoms with Gasteiger partial charge in [0, 0.05) is 17.8 Å². The van der Waals surface area contributed by atoms with E-state index in [1.54, 1.807) is 37.8 Å². The summed E-state index contributed by atoms with van der Waals surface area (Å²) in [7, 11) is 0. The molecule has 3 rings (SSSR count). The van der Waals surface area contributed by atoms with Crippen molar-refractivity contribution in [2.75, 3.05) is 13.1 Å². The molecule has 2 aromatic rings. The second-order valence-corrected chi connectivity index (χ2v) is 7.54. The van der Waals surface area contributed by atoms with Crippen LogP contribution in [0.25, 0.3) is 17.0 Å². The molecule has 2 aromatic heterocycles. The molecule has 0 spiro atoms. The van der Waals surface area contributed by atoms with Gasteiger partial charge < -0.3 is 9.64 Å². The van der Waals surface area contributed by atoms with E-state index in [0.29, 0.717) is 39.9 Å². The van der Waals surface area contributed by atoms with Gasteiger partial charge in [-0.3, -0.25) is 0 Å². The lowest BCUT2D eigenvalue weighted by atomic mass is 10.1. The van der Waals surface area contributed by atoms with E-state index in [0.717, 1.165) is 5.57 Å². The van der Waals surface area contributed by atoms with E-state index in [1.807, 2.05) is 6.08 Å². The highest BCUT2D eigenvalue weighted by molar-refractivity contribution is 6.31. The quantitative estimate of drug-likeness (QED) is 0.759. The second-order valence-electron chi connectivity index (χ2n) is 7.10. The highest BCUT2D eigenvalue weighted by Crippen LogP contribution is 2.27. The lowest BCUT2D eigenvalue weighted by Gasteiger charge is -2.24. The van der Waals surface area contributed by atoms with Crippen molar-refractivity contribution in [1.29, 1.82) is 0 Å². The van der Waals surface area contributed by atoms with E-state index in [9.17, 15) is 13.6 Å². The van der Waals surface area contributed by atoms with Crippen molar-refractivity contribution in [3.05, 3.63) is 41.2 Å². The van der Waals surface area contributed by atoms with Crippen LogP contribution in [-0.2, 0) is 4.74 Å². The number of pyridine rings is 1. The van der Waals surface area contributed by atoms with Crippen molar-refractivity contribution in [2.45, 2.75) is 32.9 Å². The molecule has 0 N–H and O–H groups in total. The Morgan fingerprint density at radius 2 is 1.96 bits per heavy atom. The average Bonchev–Trinajstić information content (AvgIpc) is 3.22. The van der Waals surface area contributed by atoms with E-state index in [4.69, 9.17) is 16.3 Å². The van der Waals surface area contributed by atoms with Gasteiger partial charge in [0.2, 0.25) is 0 Å². The minimum Gasteiger partial charge on any atom is -0.444 e. The molecule has 144 valence electrons. The zero-order valence-corrected chi connectivity index (χ0v) is 15.9. The average molecular weight is 397 g/mol. The molecule has 1 amide bonds. The summed E-state index contributed by atoms with van der Waals surface area (Å²) in [6.07, 6.45) is 2.64. The monoisotopic (exact) mass is 396 g/mol. The number of nitrogens with zero attached hydrogens (tertiary/aromatic N) is 4. The molecule has 6 nitrogen and oxygen atoms in total. The molecule has 27 heavy (non-hydrogen) atoms. The molecule has 9 heteroatoms. The molecule has 0 atom stereocenters. The fraction of sp³-hybridized carbons (Fsp3) is 0.389. The maximum Gasteiger partial charge on any atom is 0.410 e. The maximum absolute atomic E-state index is 12.7. The number of hydrogen-bond acceptors (Lipinski definition) is 4. The van der Waals surface area contributed by atoms with Gasteiger partial charge in [-0.2, -0.15) is 13.9 Å². The van der Waals surface area contributed by atoms with E-state index in [-0.39, 0.29) is 0 Å². The van der Waals surface area contributed by atoms with Crippen LogP contribution < -0.4 is 0 Å². The third-order valence-corrected chi connectivity index (χ3v) is 3.98. The van der Waals surface area contributed by atoms with E-state index < -0.39 is 18.2 Å². The fourth-order valence-electron chi connectivity index (χ4n) is 2.58. The SMILES string of the molecule is CC(C)(C)OC(=O)N1CC=C(c2cc(Cl)cc(-c3ccn(C(F)F)n3)n2)C1. The van der Waals surface area contributed by atoms with Gasteiger partial charge in [-0.1, -0.05) is 17.7 Å². The Hall–Kier alpha value is -2.48. The molecule has 0 radical (unpaired) electrons. The van der Waals surface area contributed by atoms with Gasteiger partial charge in [0.1, 0.15) is 11.3 Å². The van der Waals surface area contributed by atoms with E-state index in [2.05, 4.69) is 10.1 Å². The summed E-state index contributed by atoms with van der Waals surface area (Å²) in [5, 5.41) is 4.21. The highest BCUT2D eigenvalue weighted by atomic mass is 35.5. The molecular formula is C18H19ClF2N4O2. The predicted octanol–water partition coefficient (Wildman–Crippen LogP) is 4.63. The number of ether oxygens (including phenoxy) is 1. The van der Waals surface area contributed by atoms with Crippen LogP contribution in [-0.4, -0.2) is 44.4 Å². The van der Waals surface area contributed by atoms with Gasteiger partial charge in [0.15, 0.2) is 0 Å². The van der Waals surface area contributed by atoms with Gasteiger partial charge in [-0.05, 0) is 44.5 Å². The fourth-order valence-corrected chi connectivity index (χ4v) is 2.79. The second kappa shape index (κ2) is 7.26. The molecular weight excluding hydrogens is 378 g/mol. The summed E-state index contributed by atoms with van der Waals surface area (Å²) < 4.78 is 31.4. The summed E-state index contributed by atoms with van der Waals surface area (Å²) in [5.74, 6) is 0. The summed E-state index contributed by atoms with van der Waals surface area (Å²) in [6.45, 7) is 3.41. The summed E-state index contributed by atoms with van der Waals surface area (Å²) >= 11 is 6.18. The summed E-state index contributed by atoms with van der Waals surface area (Å²) in [4.78, 5) is 18.2. The van der Waals surface area contributed by atoms with Crippen molar-refractivity contribution < 1.29 is 18.3 Å². The third-order valence-electron chi connectivity index (χ3n) is 3.76. The normalized spacial score (nSPS) is 14.6. The first-order valence-electron chi connectivity index (χ1n) is 8.31. The zero-order chi connectivity index (χ0) is 19.8. The Bertz CT molecular complexity index is 890. The third kappa shape index (κ3) is 4.63. The Labute approximate surface area is 160 Å². The van der Waals surface area contributed by atoms with E-state index >= 15 is 0 Å². The lowest BCUT2D eigenvalue weighted by molar-refractivity contribution is 0.0306. The molecule has 3 heterocycles. The largest absolute Gasteiger partial charge is 0.444 e. The van der Waals surface area contributed by atoms with E-state index in [1.165, 1.54) is 12.3 Å². The number of amides is 1. The van der Waals surface area contributed by atoms with Gasteiger partial charge in [-0.25, -0.2) is 14.5 Å². The Kier molecular flexibility index (Phi) is 5.19.